The number of halogens is 1. The maximum atomic E-state index is 14.0. The van der Waals surface area contributed by atoms with Crippen molar-refractivity contribution in [1.29, 1.82) is 0 Å². The molecular weight excluding hydrogens is 259 g/mol. The number of nitrogens with zero attached hydrogens (tertiary/aromatic N) is 3. The number of aliphatic imine (C=N–C) groups is 1. The monoisotopic (exact) mass is 272 g/mol. The first kappa shape index (κ1) is 13.6. The van der Waals surface area contributed by atoms with Crippen LogP contribution in [0.25, 0.3) is 0 Å². The molecule has 0 saturated carbocycles. The fraction of sp³-hybridized carbons (Fsp3) is 0.500. The summed E-state index contributed by atoms with van der Waals surface area (Å²) in [6.45, 7) is 2.38. The van der Waals surface area contributed by atoms with Crippen LogP contribution in [0.4, 0.5) is 10.2 Å². The van der Waals surface area contributed by atoms with Crippen molar-refractivity contribution in [2.24, 2.45) is 4.99 Å². The average Bonchev–Trinajstić information content (AvgIpc) is 2.64. The van der Waals surface area contributed by atoms with Gasteiger partial charge < -0.3 is 20.7 Å². The van der Waals surface area contributed by atoms with Gasteiger partial charge in [0.2, 0.25) is 5.72 Å². The zero-order valence-corrected chi connectivity index (χ0v) is 9.81. The summed E-state index contributed by atoms with van der Waals surface area (Å²) in [6, 6.07) is 1.28. The third-order valence-electron chi connectivity index (χ3n) is 2.98. The van der Waals surface area contributed by atoms with Gasteiger partial charge in [0.25, 0.3) is 0 Å². The fourth-order valence-corrected chi connectivity index (χ4v) is 1.89. The number of rotatable bonds is 3. The molecule has 0 aromatic carbocycles. The van der Waals surface area contributed by atoms with Gasteiger partial charge in [-0.05, 0) is 12.8 Å². The lowest BCUT2D eigenvalue weighted by Gasteiger charge is -2.24. The van der Waals surface area contributed by atoms with Crippen molar-refractivity contribution < 1.29 is 19.3 Å². The minimum atomic E-state index is -1.97. The van der Waals surface area contributed by atoms with Crippen molar-refractivity contribution in [3.8, 4) is 0 Å². The van der Waals surface area contributed by atoms with E-state index in [2.05, 4.69) is 16.7 Å². The molecule has 8 nitrogen and oxygen atoms in total. The molecule has 2 heterocycles. The highest BCUT2D eigenvalue weighted by Crippen LogP contribution is 2.38. The summed E-state index contributed by atoms with van der Waals surface area (Å²) < 4.78 is 20.0. The summed E-state index contributed by atoms with van der Waals surface area (Å²) in [4.78, 5) is 18.4. The van der Waals surface area contributed by atoms with E-state index in [1.165, 1.54) is 12.3 Å². The van der Waals surface area contributed by atoms with Gasteiger partial charge in [0.05, 0.1) is 6.61 Å². The van der Waals surface area contributed by atoms with Gasteiger partial charge in [0, 0.05) is 6.20 Å². The molecule has 0 spiro atoms. The van der Waals surface area contributed by atoms with Gasteiger partial charge >= 0.3 is 5.69 Å². The Morgan fingerprint density at radius 2 is 2.42 bits per heavy atom. The first-order chi connectivity index (χ1) is 8.95. The third kappa shape index (κ3) is 2.01. The fourth-order valence-electron chi connectivity index (χ4n) is 1.89. The normalized spacial score (nSPS) is 34.4. The molecule has 4 N–H and O–H groups in total. The van der Waals surface area contributed by atoms with Crippen LogP contribution in [0, 0.1) is 0 Å². The first-order valence-electron chi connectivity index (χ1n) is 5.38. The Balaban J connectivity index is 2.42. The number of hydrogen-bond donors (Lipinski definition) is 3. The second-order valence-electron chi connectivity index (χ2n) is 4.10. The number of nitrogen functional groups attached to an aromatic ring is 1. The van der Waals surface area contributed by atoms with Gasteiger partial charge in [-0.25, -0.2) is 9.18 Å². The second kappa shape index (κ2) is 4.68. The van der Waals surface area contributed by atoms with E-state index in [9.17, 15) is 19.4 Å². The molecule has 19 heavy (non-hydrogen) atoms. The van der Waals surface area contributed by atoms with Gasteiger partial charge in [0.15, 0.2) is 12.4 Å². The average molecular weight is 272 g/mol. The van der Waals surface area contributed by atoms with Crippen molar-refractivity contribution in [2.75, 3.05) is 12.3 Å². The Bertz CT molecular complexity index is 551. The summed E-state index contributed by atoms with van der Waals surface area (Å²) >= 11 is 0. The van der Waals surface area contributed by atoms with E-state index >= 15 is 0 Å². The quantitative estimate of drug-likeness (QED) is 0.572. The molecule has 9 heteroatoms. The van der Waals surface area contributed by atoms with Crippen molar-refractivity contribution in [3.05, 3.63) is 22.7 Å². The Labute approximate surface area is 107 Å². The molecule has 1 saturated heterocycles. The highest BCUT2D eigenvalue weighted by molar-refractivity contribution is 5.27. The topological polar surface area (TPSA) is 123 Å². The molecule has 104 valence electrons. The Morgan fingerprint density at radius 1 is 1.74 bits per heavy atom. The van der Waals surface area contributed by atoms with Crippen LogP contribution in [0.5, 0.6) is 0 Å². The first-order valence-corrected chi connectivity index (χ1v) is 5.38. The molecule has 1 fully saturated rings. The lowest BCUT2D eigenvalue weighted by Crippen LogP contribution is -2.43. The molecule has 1 aliphatic heterocycles. The van der Waals surface area contributed by atoms with E-state index in [0.29, 0.717) is 0 Å². The van der Waals surface area contributed by atoms with Crippen LogP contribution in [-0.2, 0) is 4.74 Å². The van der Waals surface area contributed by atoms with Crippen LogP contribution in [-0.4, -0.2) is 51.1 Å². The van der Waals surface area contributed by atoms with Crippen LogP contribution in [0.15, 0.2) is 22.1 Å². The van der Waals surface area contributed by atoms with Gasteiger partial charge in [0.1, 0.15) is 11.9 Å². The van der Waals surface area contributed by atoms with Crippen molar-refractivity contribution in [3.63, 3.8) is 0 Å². The summed E-state index contributed by atoms with van der Waals surface area (Å²) in [5, 5.41) is 18.9. The predicted octanol–water partition coefficient (Wildman–Crippen LogP) is -1.56. The van der Waals surface area contributed by atoms with Gasteiger partial charge in [-0.1, -0.05) is 0 Å². The highest BCUT2D eigenvalue weighted by Gasteiger charge is 2.55. The zero-order chi connectivity index (χ0) is 14.2. The predicted molar refractivity (Wildman–Crippen MR) is 63.3 cm³/mol. The molecule has 0 bridgehead atoms. The number of ether oxygens (including phenoxy) is 1. The smallest absolute Gasteiger partial charge is 0.351 e. The largest absolute Gasteiger partial charge is 0.391 e. The minimum absolute atomic E-state index is 0.0227. The maximum absolute atomic E-state index is 14.0. The Morgan fingerprint density at radius 3 is 2.89 bits per heavy atom. The molecule has 1 aromatic rings. The summed E-state index contributed by atoms with van der Waals surface area (Å²) in [5.41, 5.74) is 2.58. The summed E-state index contributed by atoms with van der Waals surface area (Å²) in [5.74, 6) is -0.0227. The van der Waals surface area contributed by atoms with Gasteiger partial charge in [-0.2, -0.15) is 4.98 Å². The molecule has 1 aromatic heterocycles. The SMILES string of the molecule is C=NC1(CO)OC(n2ccc(N)nc2=O)C(F)C1O. The third-order valence-corrected chi connectivity index (χ3v) is 2.98. The molecule has 0 aliphatic carbocycles. The Kier molecular flexibility index (Phi) is 3.35. The van der Waals surface area contributed by atoms with Crippen LogP contribution < -0.4 is 11.4 Å². The van der Waals surface area contributed by atoms with Gasteiger partial charge in [-0.3, -0.25) is 9.56 Å². The van der Waals surface area contributed by atoms with Crippen LogP contribution >= 0.6 is 0 Å². The molecule has 2 rings (SSSR count). The van der Waals surface area contributed by atoms with Crippen molar-refractivity contribution >= 4 is 12.5 Å². The van der Waals surface area contributed by atoms with Crippen LogP contribution in [0.2, 0.25) is 0 Å². The van der Waals surface area contributed by atoms with E-state index in [0.717, 1.165) is 4.57 Å². The molecule has 0 radical (unpaired) electrons. The number of nitrogens with two attached hydrogens (primary N) is 1. The number of aromatic nitrogens is 2. The lowest BCUT2D eigenvalue weighted by atomic mass is 10.1. The van der Waals surface area contributed by atoms with E-state index in [1.54, 1.807) is 0 Å². The molecule has 1 aliphatic rings. The zero-order valence-electron chi connectivity index (χ0n) is 9.81. The summed E-state index contributed by atoms with van der Waals surface area (Å²) in [6.07, 6.45) is -4.00. The molecule has 0 amide bonds. The number of aliphatic hydroxyl groups excluding tert-OH is 2. The lowest BCUT2D eigenvalue weighted by molar-refractivity contribution is -0.122. The van der Waals surface area contributed by atoms with Crippen molar-refractivity contribution in [1.82, 2.24) is 9.55 Å². The molecule has 4 atom stereocenters. The van der Waals surface area contributed by atoms with Gasteiger partial charge in [-0.15, -0.1) is 0 Å². The summed E-state index contributed by atoms with van der Waals surface area (Å²) in [7, 11) is 0. The highest BCUT2D eigenvalue weighted by atomic mass is 19.1. The van der Waals surface area contributed by atoms with E-state index in [-0.39, 0.29) is 5.82 Å². The number of alkyl halides is 1. The number of anilines is 1. The Hall–Kier alpha value is -1.84. The molecule has 4 unspecified atom stereocenters. The van der Waals surface area contributed by atoms with Crippen molar-refractivity contribution in [2.45, 2.75) is 24.2 Å². The van der Waals surface area contributed by atoms with E-state index < -0.39 is 36.5 Å². The minimum Gasteiger partial charge on any atom is -0.391 e. The van der Waals surface area contributed by atoms with E-state index in [1.807, 2.05) is 0 Å². The van der Waals surface area contributed by atoms with Crippen LogP contribution in [0.3, 0.4) is 0 Å². The number of hydrogen-bond acceptors (Lipinski definition) is 7. The number of aliphatic hydroxyl groups is 2. The maximum Gasteiger partial charge on any atom is 0.351 e. The standard InChI is InChI=1S/C10H13FN4O4/c1-13-10(4-16)7(17)6(11)8(19-10)15-3-2-5(12)14-9(15)18/h2-3,6-8,16-17H,1,4H2,(H2,12,14,18). The van der Waals surface area contributed by atoms with Crippen LogP contribution in [0.1, 0.15) is 6.23 Å². The second-order valence-corrected chi connectivity index (χ2v) is 4.10. The van der Waals surface area contributed by atoms with E-state index in [4.69, 9.17) is 10.5 Å². The molecular formula is C10H13FN4O4.